The topological polar surface area (TPSA) is 119 Å². The number of nitrogens with two attached hydrogens (primary N) is 1. The Morgan fingerprint density at radius 1 is 1.27 bits per heavy atom. The number of carbonyl (C=O) groups is 1. The number of carbonyl (C=O) groups excluding carboxylic acids is 1. The van der Waals surface area contributed by atoms with Crippen molar-refractivity contribution < 1.29 is 19.1 Å². The number of oxime groups is 1. The van der Waals surface area contributed by atoms with Crippen LogP contribution in [0.15, 0.2) is 41.6 Å². The average Bonchev–Trinajstić information content (AvgIpc) is 3.13. The predicted octanol–water partition coefficient (Wildman–Crippen LogP) is 4.56. The molecule has 33 heavy (non-hydrogen) atoms. The lowest BCUT2D eigenvalue weighted by Crippen LogP contribution is -2.34. The lowest BCUT2D eigenvalue weighted by atomic mass is 10.0. The lowest BCUT2D eigenvalue weighted by molar-refractivity contribution is 0.0503. The van der Waals surface area contributed by atoms with E-state index in [2.05, 4.69) is 16.5 Å². The summed E-state index contributed by atoms with van der Waals surface area (Å²) in [5, 5.41) is 16.4. The van der Waals surface area contributed by atoms with Gasteiger partial charge in [0.05, 0.1) is 17.7 Å². The third-order valence-corrected chi connectivity index (χ3v) is 4.92. The Labute approximate surface area is 194 Å². The summed E-state index contributed by atoms with van der Waals surface area (Å²) in [6.45, 7) is 9.27. The smallest absolute Gasteiger partial charge is 0.408 e. The molecule has 0 aliphatic heterocycles. The van der Waals surface area contributed by atoms with Crippen LogP contribution < -0.4 is 20.6 Å². The molecular formula is C25H30N4O4. The zero-order valence-corrected chi connectivity index (χ0v) is 19.6. The van der Waals surface area contributed by atoms with Gasteiger partial charge >= 0.3 is 6.09 Å². The van der Waals surface area contributed by atoms with Gasteiger partial charge in [0, 0.05) is 11.6 Å². The molecule has 2 aromatic carbocycles. The first kappa shape index (κ1) is 23.9. The van der Waals surface area contributed by atoms with Crippen LogP contribution in [-0.4, -0.2) is 23.6 Å². The van der Waals surface area contributed by atoms with E-state index in [1.165, 1.54) is 0 Å². The maximum atomic E-state index is 12.2. The number of alkyl carbamates (subject to hydrolysis) is 1. The van der Waals surface area contributed by atoms with E-state index in [-0.39, 0.29) is 18.0 Å². The first-order valence-electron chi connectivity index (χ1n) is 10.9. The van der Waals surface area contributed by atoms with Gasteiger partial charge in [-0.25, -0.2) is 4.79 Å². The Bertz CT molecular complexity index is 1100. The second-order valence-corrected chi connectivity index (χ2v) is 9.12. The van der Waals surface area contributed by atoms with E-state index in [1.807, 2.05) is 52.8 Å². The van der Waals surface area contributed by atoms with Crippen molar-refractivity contribution in [2.75, 3.05) is 0 Å². The highest BCUT2D eigenvalue weighted by Crippen LogP contribution is 2.33. The second-order valence-electron chi connectivity index (χ2n) is 9.12. The van der Waals surface area contributed by atoms with Crippen LogP contribution >= 0.6 is 0 Å². The molecule has 0 saturated heterocycles. The van der Waals surface area contributed by atoms with E-state index >= 15 is 0 Å². The Morgan fingerprint density at radius 2 is 2.03 bits per heavy atom. The van der Waals surface area contributed by atoms with Crippen molar-refractivity contribution in [3.63, 3.8) is 0 Å². The standard InChI is InChI=1S/C25H30N4O4/c1-15(2)31-22-12-9-17(13-16(22)14-26)33-29-23(27)20-8-6-7-19-18(20)10-11-21(19)28-24(30)32-25(3,4)5/h6-9,12-13,15,21H,10-11H2,1-5H3,(H2,27,29)(H,28,30)/t21-/m1/s1. The third-order valence-electron chi connectivity index (χ3n) is 4.92. The molecule has 0 spiro atoms. The van der Waals surface area contributed by atoms with Crippen LogP contribution in [-0.2, 0) is 11.2 Å². The van der Waals surface area contributed by atoms with Gasteiger partial charge in [0.2, 0.25) is 0 Å². The third kappa shape index (κ3) is 6.16. The van der Waals surface area contributed by atoms with Crippen molar-refractivity contribution in [3.05, 3.63) is 58.7 Å². The van der Waals surface area contributed by atoms with E-state index in [0.717, 1.165) is 29.5 Å². The molecule has 0 bridgehead atoms. The summed E-state index contributed by atoms with van der Waals surface area (Å²) in [6, 6.07) is 12.6. The fraction of sp³-hybridized carbons (Fsp3) is 0.400. The van der Waals surface area contributed by atoms with Crippen LogP contribution in [0.3, 0.4) is 0 Å². The van der Waals surface area contributed by atoms with Crippen molar-refractivity contribution in [2.24, 2.45) is 10.9 Å². The van der Waals surface area contributed by atoms with Crippen molar-refractivity contribution in [3.8, 4) is 17.6 Å². The highest BCUT2D eigenvalue weighted by atomic mass is 16.6. The summed E-state index contributed by atoms with van der Waals surface area (Å²) in [5.74, 6) is 1.08. The molecule has 0 saturated carbocycles. The van der Waals surface area contributed by atoms with E-state index in [4.69, 9.17) is 20.0 Å². The van der Waals surface area contributed by atoms with Gasteiger partial charge in [-0.1, -0.05) is 23.4 Å². The Balaban J connectivity index is 1.75. The highest BCUT2D eigenvalue weighted by molar-refractivity contribution is 5.99. The van der Waals surface area contributed by atoms with Gasteiger partial charge in [-0.2, -0.15) is 5.26 Å². The molecule has 1 atom stereocenters. The molecule has 3 rings (SSSR count). The number of ether oxygens (including phenoxy) is 2. The summed E-state index contributed by atoms with van der Waals surface area (Å²) < 4.78 is 11.0. The summed E-state index contributed by atoms with van der Waals surface area (Å²) in [7, 11) is 0. The number of fused-ring (bicyclic) bond motifs is 1. The van der Waals surface area contributed by atoms with Gasteiger partial charge in [-0.3, -0.25) is 0 Å². The average molecular weight is 451 g/mol. The molecule has 8 heteroatoms. The van der Waals surface area contributed by atoms with Gasteiger partial charge in [0.25, 0.3) is 0 Å². The fourth-order valence-corrected chi connectivity index (χ4v) is 3.66. The van der Waals surface area contributed by atoms with Gasteiger partial charge in [0.15, 0.2) is 11.6 Å². The summed E-state index contributed by atoms with van der Waals surface area (Å²) >= 11 is 0. The number of benzene rings is 2. The van der Waals surface area contributed by atoms with Crippen LogP contribution in [0.25, 0.3) is 0 Å². The van der Waals surface area contributed by atoms with E-state index in [9.17, 15) is 10.1 Å². The maximum absolute atomic E-state index is 12.2. The molecule has 174 valence electrons. The minimum absolute atomic E-state index is 0.0497. The van der Waals surface area contributed by atoms with Gasteiger partial charge in [-0.05, 0) is 70.7 Å². The van der Waals surface area contributed by atoms with Crippen molar-refractivity contribution in [2.45, 2.75) is 65.2 Å². The number of hydrogen-bond donors (Lipinski definition) is 2. The zero-order valence-electron chi connectivity index (χ0n) is 19.6. The first-order chi connectivity index (χ1) is 15.6. The largest absolute Gasteiger partial charge is 0.490 e. The summed E-state index contributed by atoms with van der Waals surface area (Å²) in [5.41, 5.74) is 8.78. The van der Waals surface area contributed by atoms with Crippen LogP contribution in [0.4, 0.5) is 4.79 Å². The SMILES string of the molecule is CC(C)Oc1ccc(ON=C(N)c2cccc3c2CC[C@H]3NC(=O)OC(C)(C)C)cc1C#N. The van der Waals surface area contributed by atoms with Gasteiger partial charge in [0.1, 0.15) is 17.4 Å². The maximum Gasteiger partial charge on any atom is 0.408 e. The molecule has 0 unspecified atom stereocenters. The minimum atomic E-state index is -0.563. The molecule has 1 aliphatic carbocycles. The van der Waals surface area contributed by atoms with Crippen molar-refractivity contribution in [1.29, 1.82) is 5.26 Å². The van der Waals surface area contributed by atoms with Crippen LogP contribution in [0.2, 0.25) is 0 Å². The van der Waals surface area contributed by atoms with E-state index < -0.39 is 11.7 Å². The monoisotopic (exact) mass is 450 g/mol. The lowest BCUT2D eigenvalue weighted by Gasteiger charge is -2.22. The van der Waals surface area contributed by atoms with Gasteiger partial charge in [-0.15, -0.1) is 0 Å². The molecule has 1 aliphatic rings. The fourth-order valence-electron chi connectivity index (χ4n) is 3.66. The highest BCUT2D eigenvalue weighted by Gasteiger charge is 2.28. The number of nitrogens with one attached hydrogen (secondary N) is 1. The molecule has 2 aromatic rings. The molecule has 0 fully saturated rings. The summed E-state index contributed by atoms with van der Waals surface area (Å²) in [4.78, 5) is 17.7. The van der Waals surface area contributed by atoms with Crippen LogP contribution in [0.5, 0.6) is 11.5 Å². The van der Waals surface area contributed by atoms with Crippen molar-refractivity contribution >= 4 is 11.9 Å². The Kier molecular flexibility index (Phi) is 7.12. The number of amides is 1. The zero-order chi connectivity index (χ0) is 24.2. The Morgan fingerprint density at radius 3 is 2.70 bits per heavy atom. The number of nitriles is 1. The molecule has 3 N–H and O–H groups in total. The molecule has 1 amide bonds. The van der Waals surface area contributed by atoms with Crippen LogP contribution in [0, 0.1) is 11.3 Å². The summed E-state index contributed by atoms with van der Waals surface area (Å²) in [6.07, 6.45) is 0.977. The number of rotatable bonds is 6. The molecule has 0 aromatic heterocycles. The number of nitrogens with zero attached hydrogens (tertiary/aromatic N) is 2. The number of hydrogen-bond acceptors (Lipinski definition) is 6. The molecule has 0 radical (unpaired) electrons. The van der Waals surface area contributed by atoms with E-state index in [1.54, 1.807) is 18.2 Å². The quantitative estimate of drug-likeness (QED) is 0.378. The predicted molar refractivity (Wildman–Crippen MR) is 125 cm³/mol. The Hall–Kier alpha value is -3.73. The molecule has 8 nitrogen and oxygen atoms in total. The van der Waals surface area contributed by atoms with Crippen LogP contribution in [0.1, 0.15) is 69.3 Å². The first-order valence-corrected chi connectivity index (χ1v) is 10.9. The van der Waals surface area contributed by atoms with E-state index in [0.29, 0.717) is 17.1 Å². The van der Waals surface area contributed by atoms with Crippen molar-refractivity contribution in [1.82, 2.24) is 5.32 Å². The molecule has 0 heterocycles. The van der Waals surface area contributed by atoms with Gasteiger partial charge < -0.3 is 25.4 Å². The normalized spacial score (nSPS) is 15.5. The number of amidine groups is 1. The molecular weight excluding hydrogens is 420 g/mol. The minimum Gasteiger partial charge on any atom is -0.490 e. The second kappa shape index (κ2) is 9.82.